The van der Waals surface area contributed by atoms with Crippen molar-refractivity contribution >= 4 is 39.5 Å². The molecule has 0 aliphatic heterocycles. The Labute approximate surface area is 193 Å². The van der Waals surface area contributed by atoms with Crippen molar-refractivity contribution in [2.24, 2.45) is 0 Å². The van der Waals surface area contributed by atoms with E-state index in [-0.39, 0.29) is 16.6 Å². The Bertz CT molecular complexity index is 1280. The number of carbonyl (C=O) groups is 1. The first kappa shape index (κ1) is 24.1. The van der Waals surface area contributed by atoms with E-state index in [1.807, 2.05) is 12.1 Å². The van der Waals surface area contributed by atoms with Crippen LogP contribution in [0.2, 0.25) is 0 Å². The van der Waals surface area contributed by atoms with Gasteiger partial charge in [0.2, 0.25) is 5.91 Å². The maximum absolute atomic E-state index is 13.1. The molecule has 33 heavy (non-hydrogen) atoms. The van der Waals surface area contributed by atoms with Gasteiger partial charge in [-0.1, -0.05) is 43.3 Å². The summed E-state index contributed by atoms with van der Waals surface area (Å²) < 4.78 is 39.4. The second-order valence-corrected chi connectivity index (χ2v) is 9.47. The number of ether oxygens (including phenoxy) is 1. The van der Waals surface area contributed by atoms with Crippen LogP contribution < -0.4 is 14.8 Å². The number of nitrogens with one attached hydrogen (secondary N) is 2. The second kappa shape index (κ2) is 9.91. The Morgan fingerprint density at radius 1 is 1.12 bits per heavy atom. The molecule has 0 saturated carbocycles. The van der Waals surface area contributed by atoms with Crippen LogP contribution in [0.3, 0.4) is 0 Å². The molecule has 1 amide bonds. The Hall–Kier alpha value is -3.59. The summed E-state index contributed by atoms with van der Waals surface area (Å²) in [5.74, 6) is 0.666. The molecule has 0 bridgehead atoms. The maximum Gasteiger partial charge on any atom is 0.265 e. The number of nitrogens with zero attached hydrogens (tertiary/aromatic N) is 1. The van der Waals surface area contributed by atoms with Crippen LogP contribution in [0.4, 0.5) is 11.4 Å². The number of rotatable bonds is 8. The lowest BCUT2D eigenvalue weighted by Crippen LogP contribution is -2.14. The second-order valence-electron chi connectivity index (χ2n) is 7.81. The Kier molecular flexibility index (Phi) is 7.23. The lowest BCUT2D eigenvalue weighted by Gasteiger charge is -2.13. The summed E-state index contributed by atoms with van der Waals surface area (Å²) in [6.07, 6.45) is 3.28. The quantitative estimate of drug-likeness (QED) is 0.478. The van der Waals surface area contributed by atoms with Gasteiger partial charge < -0.3 is 14.6 Å². The maximum atomic E-state index is 13.1. The molecule has 0 spiro atoms. The SMILES string of the molecule is COc1ccc(C=Cc2onc(C)c2NC(C)=O)cc1S(=O)(=O)Nc1ccc(C(C)C)cc1. The minimum atomic E-state index is -3.92. The van der Waals surface area contributed by atoms with Crippen molar-refractivity contribution in [1.82, 2.24) is 5.16 Å². The van der Waals surface area contributed by atoms with Gasteiger partial charge in [-0.2, -0.15) is 0 Å². The van der Waals surface area contributed by atoms with Crippen LogP contribution in [0, 0.1) is 6.92 Å². The number of methoxy groups -OCH3 is 1. The smallest absolute Gasteiger partial charge is 0.265 e. The molecule has 1 heterocycles. The zero-order chi connectivity index (χ0) is 24.2. The minimum absolute atomic E-state index is 0.00378. The van der Waals surface area contributed by atoms with Gasteiger partial charge >= 0.3 is 0 Å². The van der Waals surface area contributed by atoms with E-state index >= 15 is 0 Å². The number of aryl methyl sites for hydroxylation is 1. The van der Waals surface area contributed by atoms with E-state index in [1.54, 1.807) is 43.3 Å². The molecule has 0 aliphatic rings. The largest absolute Gasteiger partial charge is 0.495 e. The van der Waals surface area contributed by atoms with Crippen molar-refractivity contribution in [3.8, 4) is 5.75 Å². The summed E-state index contributed by atoms with van der Waals surface area (Å²) in [5, 5.41) is 6.54. The van der Waals surface area contributed by atoms with E-state index in [0.717, 1.165) is 5.56 Å². The molecule has 2 aromatic carbocycles. The summed E-state index contributed by atoms with van der Waals surface area (Å²) in [6, 6.07) is 12.1. The summed E-state index contributed by atoms with van der Waals surface area (Å²) in [5.41, 5.74) is 3.17. The highest BCUT2D eigenvalue weighted by Crippen LogP contribution is 2.29. The van der Waals surface area contributed by atoms with E-state index in [9.17, 15) is 13.2 Å². The fourth-order valence-electron chi connectivity index (χ4n) is 3.15. The molecule has 0 radical (unpaired) electrons. The summed E-state index contributed by atoms with van der Waals surface area (Å²) in [4.78, 5) is 11.4. The Morgan fingerprint density at radius 3 is 2.42 bits per heavy atom. The van der Waals surface area contributed by atoms with E-state index in [1.165, 1.54) is 20.1 Å². The number of aromatic nitrogens is 1. The van der Waals surface area contributed by atoms with Crippen LogP contribution >= 0.6 is 0 Å². The molecule has 1 aromatic heterocycles. The first-order valence-corrected chi connectivity index (χ1v) is 11.8. The number of amides is 1. The molecule has 9 heteroatoms. The number of hydrogen-bond acceptors (Lipinski definition) is 6. The van der Waals surface area contributed by atoms with Gasteiger partial charge in [0, 0.05) is 12.6 Å². The van der Waals surface area contributed by atoms with Gasteiger partial charge in [-0.05, 0) is 54.3 Å². The molecule has 3 aromatic rings. The zero-order valence-corrected chi connectivity index (χ0v) is 20.0. The average molecular weight is 470 g/mol. The molecule has 0 atom stereocenters. The topological polar surface area (TPSA) is 111 Å². The monoisotopic (exact) mass is 469 g/mol. The third kappa shape index (κ3) is 5.81. The molecular formula is C24H27N3O5S. The van der Waals surface area contributed by atoms with Gasteiger partial charge in [0.1, 0.15) is 22.0 Å². The number of anilines is 2. The predicted molar refractivity (Wildman–Crippen MR) is 129 cm³/mol. The number of hydrogen-bond donors (Lipinski definition) is 2. The lowest BCUT2D eigenvalue weighted by molar-refractivity contribution is -0.114. The van der Waals surface area contributed by atoms with E-state index < -0.39 is 10.0 Å². The lowest BCUT2D eigenvalue weighted by atomic mass is 10.0. The molecule has 0 fully saturated rings. The Balaban J connectivity index is 1.90. The van der Waals surface area contributed by atoms with Crippen molar-refractivity contribution in [3.05, 3.63) is 65.0 Å². The number of carbonyl (C=O) groups excluding carboxylic acids is 1. The van der Waals surface area contributed by atoms with Crippen LogP contribution in [-0.2, 0) is 14.8 Å². The molecule has 3 rings (SSSR count). The fourth-order valence-corrected chi connectivity index (χ4v) is 4.42. The van der Waals surface area contributed by atoms with Gasteiger partial charge in [0.15, 0.2) is 5.76 Å². The third-order valence-electron chi connectivity index (χ3n) is 4.92. The van der Waals surface area contributed by atoms with Gasteiger partial charge in [0.05, 0.1) is 7.11 Å². The van der Waals surface area contributed by atoms with Crippen molar-refractivity contribution in [2.45, 2.75) is 38.5 Å². The summed E-state index contributed by atoms with van der Waals surface area (Å²) in [7, 11) is -2.50. The van der Waals surface area contributed by atoms with Crippen LogP contribution in [0.5, 0.6) is 5.75 Å². The predicted octanol–water partition coefficient (Wildman–Crippen LogP) is 5.04. The highest BCUT2D eigenvalue weighted by molar-refractivity contribution is 7.92. The zero-order valence-electron chi connectivity index (χ0n) is 19.2. The van der Waals surface area contributed by atoms with Gasteiger partial charge in [-0.25, -0.2) is 8.42 Å². The number of sulfonamides is 1. The van der Waals surface area contributed by atoms with E-state index in [2.05, 4.69) is 29.0 Å². The summed E-state index contributed by atoms with van der Waals surface area (Å²) in [6.45, 7) is 7.25. The van der Waals surface area contributed by atoms with Crippen LogP contribution in [-0.4, -0.2) is 26.6 Å². The normalized spacial score (nSPS) is 11.7. The third-order valence-corrected chi connectivity index (χ3v) is 6.33. The van der Waals surface area contributed by atoms with Crippen molar-refractivity contribution in [1.29, 1.82) is 0 Å². The van der Waals surface area contributed by atoms with Crippen LogP contribution in [0.15, 0.2) is 51.9 Å². The van der Waals surface area contributed by atoms with Gasteiger partial charge in [0.25, 0.3) is 10.0 Å². The molecule has 8 nitrogen and oxygen atoms in total. The van der Waals surface area contributed by atoms with Gasteiger partial charge in [-0.3, -0.25) is 9.52 Å². The van der Waals surface area contributed by atoms with Crippen molar-refractivity contribution in [2.75, 3.05) is 17.1 Å². The number of benzene rings is 2. The highest BCUT2D eigenvalue weighted by atomic mass is 32.2. The van der Waals surface area contributed by atoms with E-state index in [4.69, 9.17) is 9.26 Å². The van der Waals surface area contributed by atoms with Crippen molar-refractivity contribution < 1.29 is 22.5 Å². The molecule has 2 N–H and O–H groups in total. The van der Waals surface area contributed by atoms with E-state index in [0.29, 0.717) is 34.3 Å². The molecule has 0 saturated heterocycles. The molecule has 0 unspecified atom stereocenters. The highest BCUT2D eigenvalue weighted by Gasteiger charge is 2.20. The van der Waals surface area contributed by atoms with Crippen molar-refractivity contribution in [3.63, 3.8) is 0 Å². The first-order chi connectivity index (χ1) is 15.6. The summed E-state index contributed by atoms with van der Waals surface area (Å²) >= 11 is 0. The standard InChI is InChI=1S/C24H27N3O5S/c1-15(2)19-8-10-20(11-9-19)27-33(29,30)23-14-18(6-12-21(23)31-5)7-13-22-24(25-17(4)28)16(3)26-32-22/h6-15,27H,1-5H3,(H,25,28). The fraction of sp³-hybridized carbons (Fsp3) is 0.250. The minimum Gasteiger partial charge on any atom is -0.495 e. The van der Waals surface area contributed by atoms with Gasteiger partial charge in [-0.15, -0.1) is 0 Å². The first-order valence-electron chi connectivity index (χ1n) is 10.3. The molecular weight excluding hydrogens is 442 g/mol. The van der Waals surface area contributed by atoms with Crippen LogP contribution in [0.25, 0.3) is 12.2 Å². The van der Waals surface area contributed by atoms with Crippen LogP contribution in [0.1, 0.15) is 49.3 Å². The average Bonchev–Trinajstić information content (AvgIpc) is 3.11. The molecule has 0 aliphatic carbocycles. The molecule has 174 valence electrons. The Morgan fingerprint density at radius 2 is 1.82 bits per heavy atom.